The lowest BCUT2D eigenvalue weighted by Gasteiger charge is -2.03. The Bertz CT molecular complexity index is 559. The lowest BCUT2D eigenvalue weighted by atomic mass is 10.2. The molecule has 0 bridgehead atoms. The molecule has 1 amide bonds. The van der Waals surface area contributed by atoms with Crippen molar-refractivity contribution in [2.24, 2.45) is 12.8 Å². The summed E-state index contributed by atoms with van der Waals surface area (Å²) in [6.07, 6.45) is 1.94. The summed E-state index contributed by atoms with van der Waals surface area (Å²) in [4.78, 5) is 10.8. The molecule has 0 aliphatic rings. The van der Waals surface area contributed by atoms with E-state index in [0.717, 1.165) is 11.3 Å². The quantitative estimate of drug-likeness (QED) is 0.804. The van der Waals surface area contributed by atoms with Gasteiger partial charge in [0.05, 0.1) is 5.69 Å². The molecule has 3 N–H and O–H groups in total. The van der Waals surface area contributed by atoms with E-state index in [4.69, 9.17) is 5.73 Å². The van der Waals surface area contributed by atoms with Crippen LogP contribution in [0.1, 0.15) is 21.7 Å². The zero-order chi connectivity index (χ0) is 13.1. The highest BCUT2D eigenvalue weighted by atomic mass is 16.1. The van der Waals surface area contributed by atoms with Gasteiger partial charge in [0.2, 0.25) is 0 Å². The van der Waals surface area contributed by atoms with E-state index in [-0.39, 0.29) is 5.69 Å². The summed E-state index contributed by atoms with van der Waals surface area (Å²) < 4.78 is 1.76. The summed E-state index contributed by atoms with van der Waals surface area (Å²) in [5.74, 6) is 0.000377. The van der Waals surface area contributed by atoms with Crippen molar-refractivity contribution in [1.82, 2.24) is 20.0 Å². The number of nitrogens with two attached hydrogens (primary N) is 1. The van der Waals surface area contributed by atoms with Crippen molar-refractivity contribution in [3.63, 3.8) is 0 Å². The molecule has 0 radical (unpaired) electrons. The van der Waals surface area contributed by atoms with Gasteiger partial charge in [-0.15, -0.1) is 10.2 Å². The average Bonchev–Trinajstić information content (AvgIpc) is 2.66. The molecule has 2 rings (SSSR count). The Morgan fingerprint density at radius 3 is 2.72 bits per heavy atom. The van der Waals surface area contributed by atoms with E-state index in [9.17, 15) is 4.79 Å². The summed E-state index contributed by atoms with van der Waals surface area (Å²) in [6, 6.07) is 3.20. The molecule has 0 atom stereocenters. The molecule has 0 aliphatic carbocycles. The fourth-order valence-corrected chi connectivity index (χ4v) is 1.57. The first-order chi connectivity index (χ1) is 8.56. The van der Waals surface area contributed by atoms with Crippen LogP contribution in [-0.4, -0.2) is 25.9 Å². The van der Waals surface area contributed by atoms with Crippen molar-refractivity contribution < 1.29 is 4.79 Å². The van der Waals surface area contributed by atoms with E-state index in [1.807, 2.05) is 20.2 Å². The molecule has 2 aromatic heterocycles. The molecule has 0 aromatic carbocycles. The number of hydrogen-bond acceptors (Lipinski definition) is 5. The van der Waals surface area contributed by atoms with Crippen LogP contribution in [0, 0.1) is 6.92 Å². The van der Waals surface area contributed by atoms with Gasteiger partial charge in [0.25, 0.3) is 5.91 Å². The topological polar surface area (TPSA) is 98.7 Å². The first-order valence-electron chi connectivity index (χ1n) is 5.43. The molecule has 0 aliphatic heterocycles. The van der Waals surface area contributed by atoms with E-state index in [2.05, 4.69) is 20.6 Å². The Balaban J connectivity index is 2.02. The Morgan fingerprint density at radius 1 is 1.44 bits per heavy atom. The van der Waals surface area contributed by atoms with E-state index < -0.39 is 5.91 Å². The summed E-state index contributed by atoms with van der Waals surface area (Å²) >= 11 is 0. The maximum absolute atomic E-state index is 10.8. The van der Waals surface area contributed by atoms with Gasteiger partial charge in [-0.2, -0.15) is 5.10 Å². The Labute approximate surface area is 104 Å². The lowest BCUT2D eigenvalue weighted by Crippen LogP contribution is -2.14. The summed E-state index contributed by atoms with van der Waals surface area (Å²) in [6.45, 7) is 2.54. The van der Waals surface area contributed by atoms with Gasteiger partial charge in [0.1, 0.15) is 5.82 Å². The van der Waals surface area contributed by atoms with E-state index in [1.165, 1.54) is 6.07 Å². The maximum atomic E-state index is 10.8. The minimum atomic E-state index is -0.586. The second-order valence-corrected chi connectivity index (χ2v) is 3.94. The number of aromatic nitrogens is 4. The molecule has 18 heavy (non-hydrogen) atoms. The Hall–Kier alpha value is -2.44. The third-order valence-electron chi connectivity index (χ3n) is 2.49. The second kappa shape index (κ2) is 4.82. The molecular weight excluding hydrogens is 232 g/mol. The standard InChI is InChI=1S/C11H14N6O/c1-7-8(6-17(2)16-7)5-13-10-4-3-9(11(12)18)14-15-10/h3-4,6H,5H2,1-2H3,(H2,12,18)(H,13,15). The molecule has 0 unspecified atom stereocenters. The number of carbonyl (C=O) groups excluding carboxylic acids is 1. The highest BCUT2D eigenvalue weighted by molar-refractivity contribution is 5.90. The van der Waals surface area contributed by atoms with E-state index in [1.54, 1.807) is 10.7 Å². The van der Waals surface area contributed by atoms with Crippen molar-refractivity contribution in [3.05, 3.63) is 35.3 Å². The number of nitrogens with zero attached hydrogens (tertiary/aromatic N) is 4. The minimum Gasteiger partial charge on any atom is -0.364 e. The normalized spacial score (nSPS) is 10.3. The Kier molecular flexibility index (Phi) is 3.22. The van der Waals surface area contributed by atoms with E-state index in [0.29, 0.717) is 12.4 Å². The van der Waals surface area contributed by atoms with Crippen LogP contribution < -0.4 is 11.1 Å². The number of hydrogen-bond donors (Lipinski definition) is 2. The first kappa shape index (κ1) is 12.0. The first-order valence-corrected chi connectivity index (χ1v) is 5.43. The zero-order valence-corrected chi connectivity index (χ0v) is 10.2. The van der Waals surface area contributed by atoms with Crippen LogP contribution in [0.2, 0.25) is 0 Å². The number of carbonyl (C=O) groups is 1. The third-order valence-corrected chi connectivity index (χ3v) is 2.49. The molecule has 2 aromatic rings. The number of primary amides is 1. The van der Waals surface area contributed by atoms with Crippen LogP contribution >= 0.6 is 0 Å². The van der Waals surface area contributed by atoms with Crippen LogP contribution in [0.4, 0.5) is 5.82 Å². The van der Waals surface area contributed by atoms with Gasteiger partial charge in [-0.1, -0.05) is 0 Å². The van der Waals surface area contributed by atoms with Crippen molar-refractivity contribution >= 4 is 11.7 Å². The lowest BCUT2D eigenvalue weighted by molar-refractivity contribution is 0.0994. The van der Waals surface area contributed by atoms with Gasteiger partial charge in [-0.3, -0.25) is 9.48 Å². The third kappa shape index (κ3) is 2.62. The molecule has 0 fully saturated rings. The molecule has 7 nitrogen and oxygen atoms in total. The molecule has 2 heterocycles. The van der Waals surface area contributed by atoms with Gasteiger partial charge in [-0.05, 0) is 19.1 Å². The van der Waals surface area contributed by atoms with Crippen LogP contribution in [0.25, 0.3) is 0 Å². The summed E-state index contributed by atoms with van der Waals surface area (Å²) in [7, 11) is 1.87. The average molecular weight is 246 g/mol. The van der Waals surface area contributed by atoms with Gasteiger partial charge in [0, 0.05) is 25.4 Å². The summed E-state index contributed by atoms with van der Waals surface area (Å²) in [5, 5.41) is 14.9. The number of amides is 1. The smallest absolute Gasteiger partial charge is 0.269 e. The second-order valence-electron chi connectivity index (χ2n) is 3.94. The predicted molar refractivity (Wildman–Crippen MR) is 65.8 cm³/mol. The van der Waals surface area contributed by atoms with Crippen LogP contribution in [0.3, 0.4) is 0 Å². The Morgan fingerprint density at radius 2 is 2.22 bits per heavy atom. The number of nitrogens with one attached hydrogen (secondary N) is 1. The van der Waals surface area contributed by atoms with Gasteiger partial charge < -0.3 is 11.1 Å². The van der Waals surface area contributed by atoms with E-state index >= 15 is 0 Å². The van der Waals surface area contributed by atoms with Crippen molar-refractivity contribution in [2.75, 3.05) is 5.32 Å². The number of aryl methyl sites for hydroxylation is 2. The fourth-order valence-electron chi connectivity index (χ4n) is 1.57. The maximum Gasteiger partial charge on any atom is 0.269 e. The van der Waals surface area contributed by atoms with Crippen molar-refractivity contribution in [2.45, 2.75) is 13.5 Å². The van der Waals surface area contributed by atoms with Crippen LogP contribution in [0.5, 0.6) is 0 Å². The SMILES string of the molecule is Cc1nn(C)cc1CNc1ccc(C(N)=O)nn1. The molecule has 0 saturated heterocycles. The number of rotatable bonds is 4. The molecule has 7 heteroatoms. The van der Waals surface area contributed by atoms with Crippen LogP contribution in [-0.2, 0) is 13.6 Å². The predicted octanol–water partition coefficient (Wildman–Crippen LogP) is 0.230. The number of anilines is 1. The monoisotopic (exact) mass is 246 g/mol. The van der Waals surface area contributed by atoms with Gasteiger partial charge in [0.15, 0.2) is 5.69 Å². The molecular formula is C11H14N6O. The highest BCUT2D eigenvalue weighted by Crippen LogP contribution is 2.08. The fraction of sp³-hybridized carbons (Fsp3) is 0.273. The summed E-state index contributed by atoms with van der Waals surface area (Å²) in [5.41, 5.74) is 7.28. The van der Waals surface area contributed by atoms with Gasteiger partial charge in [-0.25, -0.2) is 0 Å². The minimum absolute atomic E-state index is 0.151. The van der Waals surface area contributed by atoms with Crippen molar-refractivity contribution in [3.8, 4) is 0 Å². The highest BCUT2D eigenvalue weighted by Gasteiger charge is 2.05. The molecule has 0 saturated carbocycles. The largest absolute Gasteiger partial charge is 0.364 e. The van der Waals surface area contributed by atoms with Gasteiger partial charge >= 0.3 is 0 Å². The molecule has 94 valence electrons. The van der Waals surface area contributed by atoms with Crippen molar-refractivity contribution in [1.29, 1.82) is 0 Å². The zero-order valence-electron chi connectivity index (χ0n) is 10.2. The molecule has 0 spiro atoms. The van der Waals surface area contributed by atoms with Crippen LogP contribution in [0.15, 0.2) is 18.3 Å².